The second-order valence-electron chi connectivity index (χ2n) is 6.41. The fourth-order valence-electron chi connectivity index (χ4n) is 3.63. The molecule has 5 aromatic rings. The summed E-state index contributed by atoms with van der Waals surface area (Å²) in [5, 5.41) is 20.7. The first kappa shape index (κ1) is 15.9. The molecular weight excluding hydrogens is 348 g/mol. The Morgan fingerprint density at radius 1 is 0.571 bits per heavy atom. The number of hydrogen-bond acceptors (Lipinski definition) is 4. The van der Waals surface area contributed by atoms with E-state index in [-0.39, 0.29) is 11.5 Å². The SMILES string of the molecule is N#Cc1oc2cc3c(-c4ccccc4)c(C#N)oc3cc2c1-c1ccccc1. The van der Waals surface area contributed by atoms with Gasteiger partial charge in [-0.25, -0.2) is 0 Å². The molecule has 0 aliphatic carbocycles. The van der Waals surface area contributed by atoms with Gasteiger partial charge in [0.15, 0.2) is 0 Å². The highest BCUT2D eigenvalue weighted by atomic mass is 16.3. The normalized spacial score (nSPS) is 10.8. The smallest absolute Gasteiger partial charge is 0.212 e. The van der Waals surface area contributed by atoms with Gasteiger partial charge < -0.3 is 8.83 Å². The molecule has 2 aromatic heterocycles. The molecule has 0 radical (unpaired) electrons. The monoisotopic (exact) mass is 360 g/mol. The molecule has 130 valence electrons. The van der Waals surface area contributed by atoms with Gasteiger partial charge >= 0.3 is 0 Å². The van der Waals surface area contributed by atoms with Gasteiger partial charge in [0.25, 0.3) is 0 Å². The topological polar surface area (TPSA) is 73.9 Å². The lowest BCUT2D eigenvalue weighted by Crippen LogP contribution is -1.80. The molecular formula is C24H12N2O2. The van der Waals surface area contributed by atoms with Crippen molar-refractivity contribution in [3.63, 3.8) is 0 Å². The van der Waals surface area contributed by atoms with Crippen molar-refractivity contribution < 1.29 is 8.83 Å². The average molecular weight is 360 g/mol. The van der Waals surface area contributed by atoms with Gasteiger partial charge in [-0.05, 0) is 23.3 Å². The van der Waals surface area contributed by atoms with Gasteiger partial charge in [0, 0.05) is 21.9 Å². The maximum absolute atomic E-state index is 9.57. The number of rotatable bonds is 2. The van der Waals surface area contributed by atoms with Gasteiger partial charge in [0.1, 0.15) is 23.3 Å². The Bertz CT molecular complexity index is 1300. The summed E-state index contributed by atoms with van der Waals surface area (Å²) in [5.74, 6) is 0.520. The first-order valence-electron chi connectivity index (χ1n) is 8.74. The number of furan rings is 2. The molecule has 2 heterocycles. The Hall–Kier alpha value is -4.28. The summed E-state index contributed by atoms with van der Waals surface area (Å²) in [4.78, 5) is 0. The van der Waals surface area contributed by atoms with E-state index in [0.717, 1.165) is 33.0 Å². The Morgan fingerprint density at radius 2 is 0.964 bits per heavy atom. The minimum Gasteiger partial charge on any atom is -0.445 e. The molecule has 0 unspecified atom stereocenters. The fourth-order valence-corrected chi connectivity index (χ4v) is 3.63. The average Bonchev–Trinajstić information content (AvgIpc) is 3.30. The zero-order valence-corrected chi connectivity index (χ0v) is 14.6. The molecule has 4 nitrogen and oxygen atoms in total. The summed E-state index contributed by atoms with van der Waals surface area (Å²) in [6.45, 7) is 0. The summed E-state index contributed by atoms with van der Waals surface area (Å²) in [6.07, 6.45) is 0. The second-order valence-corrected chi connectivity index (χ2v) is 6.41. The predicted octanol–water partition coefficient (Wildman–Crippen LogP) is 6.26. The van der Waals surface area contributed by atoms with Crippen LogP contribution in [0.15, 0.2) is 81.6 Å². The highest BCUT2D eigenvalue weighted by molar-refractivity contribution is 6.08. The molecule has 0 saturated heterocycles. The van der Waals surface area contributed by atoms with Crippen LogP contribution < -0.4 is 0 Å². The Balaban J connectivity index is 1.86. The molecule has 5 rings (SSSR count). The van der Waals surface area contributed by atoms with E-state index in [0.29, 0.717) is 11.2 Å². The largest absolute Gasteiger partial charge is 0.445 e. The van der Waals surface area contributed by atoms with Crippen molar-refractivity contribution in [2.75, 3.05) is 0 Å². The molecule has 4 heteroatoms. The van der Waals surface area contributed by atoms with Crippen molar-refractivity contribution in [3.8, 4) is 34.4 Å². The van der Waals surface area contributed by atoms with Gasteiger partial charge in [0.05, 0.1) is 0 Å². The van der Waals surface area contributed by atoms with Gasteiger partial charge in [-0.1, -0.05) is 60.7 Å². The van der Waals surface area contributed by atoms with Crippen LogP contribution in [0, 0.1) is 22.7 Å². The van der Waals surface area contributed by atoms with Crippen molar-refractivity contribution in [2.24, 2.45) is 0 Å². The van der Waals surface area contributed by atoms with Crippen molar-refractivity contribution in [1.29, 1.82) is 10.5 Å². The van der Waals surface area contributed by atoms with Crippen LogP contribution >= 0.6 is 0 Å². The van der Waals surface area contributed by atoms with Crippen LogP contribution in [-0.4, -0.2) is 0 Å². The summed E-state index contributed by atoms with van der Waals surface area (Å²) >= 11 is 0. The maximum Gasteiger partial charge on any atom is 0.212 e. The van der Waals surface area contributed by atoms with Crippen LogP contribution in [0.4, 0.5) is 0 Å². The number of nitrogens with zero attached hydrogens (tertiary/aromatic N) is 2. The summed E-state index contributed by atoms with van der Waals surface area (Å²) in [7, 11) is 0. The molecule has 0 fully saturated rings. The molecule has 28 heavy (non-hydrogen) atoms. The first-order valence-corrected chi connectivity index (χ1v) is 8.74. The van der Waals surface area contributed by atoms with Crippen LogP contribution in [0.5, 0.6) is 0 Å². The van der Waals surface area contributed by atoms with E-state index >= 15 is 0 Å². The lowest BCUT2D eigenvalue weighted by Gasteiger charge is -2.00. The highest BCUT2D eigenvalue weighted by Gasteiger charge is 2.21. The minimum absolute atomic E-state index is 0.260. The first-order chi connectivity index (χ1) is 13.8. The molecule has 0 bridgehead atoms. The molecule has 3 aromatic carbocycles. The van der Waals surface area contributed by atoms with E-state index < -0.39 is 0 Å². The van der Waals surface area contributed by atoms with Gasteiger partial charge in [-0.2, -0.15) is 10.5 Å². The third kappa shape index (κ3) is 2.30. The number of fused-ring (bicyclic) bond motifs is 2. The summed E-state index contributed by atoms with van der Waals surface area (Å²) < 4.78 is 11.7. The number of benzene rings is 3. The Morgan fingerprint density at radius 3 is 1.32 bits per heavy atom. The highest BCUT2D eigenvalue weighted by Crippen LogP contribution is 2.41. The third-order valence-corrected chi connectivity index (χ3v) is 4.83. The summed E-state index contributed by atoms with van der Waals surface area (Å²) in [5.41, 5.74) is 4.43. The van der Waals surface area contributed by atoms with E-state index in [4.69, 9.17) is 8.83 Å². The second kappa shape index (κ2) is 6.16. The molecule has 0 saturated carbocycles. The van der Waals surface area contributed by atoms with E-state index in [1.807, 2.05) is 72.8 Å². The van der Waals surface area contributed by atoms with E-state index in [1.54, 1.807) is 0 Å². The Kier molecular flexibility index (Phi) is 3.50. The van der Waals surface area contributed by atoms with Crippen LogP contribution in [0.2, 0.25) is 0 Å². The molecule has 0 N–H and O–H groups in total. The number of hydrogen-bond donors (Lipinski definition) is 0. The van der Waals surface area contributed by atoms with Gasteiger partial charge in [-0.3, -0.25) is 0 Å². The predicted molar refractivity (Wildman–Crippen MR) is 106 cm³/mol. The molecule has 0 aliphatic rings. The number of nitriles is 2. The lowest BCUT2D eigenvalue weighted by molar-refractivity contribution is 0.597. The fraction of sp³-hybridized carbons (Fsp3) is 0. The van der Waals surface area contributed by atoms with E-state index in [9.17, 15) is 10.5 Å². The van der Waals surface area contributed by atoms with Crippen molar-refractivity contribution >= 4 is 21.9 Å². The Labute approximate surface area is 160 Å². The zero-order chi connectivity index (χ0) is 19.1. The van der Waals surface area contributed by atoms with Crippen LogP contribution in [0.3, 0.4) is 0 Å². The quantitative estimate of drug-likeness (QED) is 0.372. The van der Waals surface area contributed by atoms with Crippen LogP contribution in [0.25, 0.3) is 44.2 Å². The standard InChI is InChI=1S/C24H12N2O2/c25-13-21-23(15-7-3-1-4-8-15)17-11-20-18(12-19(17)27-21)24(22(14-26)28-20)16-9-5-2-6-10-16/h1-12H. The van der Waals surface area contributed by atoms with Crippen LogP contribution in [0.1, 0.15) is 11.5 Å². The molecule has 0 spiro atoms. The zero-order valence-electron chi connectivity index (χ0n) is 14.6. The van der Waals surface area contributed by atoms with Crippen LogP contribution in [-0.2, 0) is 0 Å². The van der Waals surface area contributed by atoms with Crippen molar-refractivity contribution in [2.45, 2.75) is 0 Å². The molecule has 0 atom stereocenters. The summed E-state index contributed by atoms with van der Waals surface area (Å²) in [6, 6.07) is 27.3. The lowest BCUT2D eigenvalue weighted by atomic mass is 9.99. The van der Waals surface area contributed by atoms with E-state index in [2.05, 4.69) is 12.1 Å². The maximum atomic E-state index is 9.57. The van der Waals surface area contributed by atoms with Crippen molar-refractivity contribution in [3.05, 3.63) is 84.3 Å². The van der Waals surface area contributed by atoms with Crippen molar-refractivity contribution in [1.82, 2.24) is 0 Å². The molecule has 0 aliphatic heterocycles. The third-order valence-electron chi connectivity index (χ3n) is 4.83. The van der Waals surface area contributed by atoms with E-state index in [1.165, 1.54) is 0 Å². The molecule has 0 amide bonds. The minimum atomic E-state index is 0.260. The van der Waals surface area contributed by atoms with Gasteiger partial charge in [-0.15, -0.1) is 0 Å². The van der Waals surface area contributed by atoms with Gasteiger partial charge in [0.2, 0.25) is 11.5 Å².